The molecule has 0 fully saturated rings. The molecule has 29 heavy (non-hydrogen) atoms. The Morgan fingerprint density at radius 3 is 1.79 bits per heavy atom. The molecule has 0 aliphatic carbocycles. The van der Waals surface area contributed by atoms with Crippen LogP contribution >= 0.6 is 46.4 Å². The van der Waals surface area contributed by atoms with Gasteiger partial charge in [-0.25, -0.2) is 5.43 Å². The number of nitrogens with zero attached hydrogens (tertiary/aromatic N) is 1. The summed E-state index contributed by atoms with van der Waals surface area (Å²) in [4.78, 5) is 13.0. The molecule has 0 saturated heterocycles. The molecule has 0 aliphatic heterocycles. The largest absolute Gasteiger partial charge is 0.372 e. The molecule has 148 valence electrons. The Balaban J connectivity index is 1.93. The number of hydrazone groups is 1. The van der Waals surface area contributed by atoms with E-state index in [4.69, 9.17) is 46.4 Å². The summed E-state index contributed by atoms with van der Waals surface area (Å²) in [6.07, 6.45) is 1.36. The van der Waals surface area contributed by atoms with Gasteiger partial charge in [-0.1, -0.05) is 76.7 Å². The van der Waals surface area contributed by atoms with Crippen molar-refractivity contribution in [2.45, 2.75) is 5.60 Å². The van der Waals surface area contributed by atoms with Crippen LogP contribution in [0.25, 0.3) is 0 Å². The van der Waals surface area contributed by atoms with Gasteiger partial charge in [0.15, 0.2) is 5.60 Å². The van der Waals surface area contributed by atoms with Crippen LogP contribution in [0, 0.1) is 0 Å². The first-order valence-corrected chi connectivity index (χ1v) is 9.85. The fourth-order valence-corrected chi connectivity index (χ4v) is 3.37. The van der Waals surface area contributed by atoms with E-state index in [0.717, 1.165) is 0 Å². The third kappa shape index (κ3) is 4.92. The lowest BCUT2D eigenvalue weighted by Gasteiger charge is -2.27. The first kappa shape index (κ1) is 21.6. The molecular formula is C21H14Cl4N2O2. The van der Waals surface area contributed by atoms with Crippen LogP contribution in [-0.2, 0) is 10.4 Å². The van der Waals surface area contributed by atoms with Crippen molar-refractivity contribution >= 4 is 58.5 Å². The number of carbonyl (C=O) groups is 1. The molecule has 1 amide bonds. The maximum Gasteiger partial charge on any atom is 0.281 e. The number of halogens is 4. The maximum absolute atomic E-state index is 13.0. The highest BCUT2D eigenvalue weighted by molar-refractivity contribution is 6.36. The van der Waals surface area contributed by atoms with Crippen molar-refractivity contribution < 1.29 is 9.90 Å². The highest BCUT2D eigenvalue weighted by atomic mass is 35.5. The molecule has 0 bridgehead atoms. The number of benzene rings is 3. The number of carbonyl (C=O) groups excluding carboxylic acids is 1. The Hall–Kier alpha value is -2.08. The van der Waals surface area contributed by atoms with Gasteiger partial charge in [0.25, 0.3) is 5.91 Å². The standard InChI is InChI=1S/C21H14Cl4N2O2/c22-16-7-2-14(3-8-16)21(29,15-4-9-17(23)10-5-15)20(28)27-26-12-13-1-6-18(24)11-19(13)25/h1-12,29H,(H,27,28). The van der Waals surface area contributed by atoms with Crippen molar-refractivity contribution in [2.24, 2.45) is 5.10 Å². The molecule has 3 aromatic carbocycles. The number of rotatable bonds is 5. The molecule has 0 aromatic heterocycles. The van der Waals surface area contributed by atoms with Gasteiger partial charge >= 0.3 is 0 Å². The molecule has 0 spiro atoms. The molecule has 0 atom stereocenters. The van der Waals surface area contributed by atoms with E-state index in [2.05, 4.69) is 10.5 Å². The third-order valence-electron chi connectivity index (χ3n) is 4.18. The quantitative estimate of drug-likeness (QED) is 0.374. The first-order chi connectivity index (χ1) is 13.8. The van der Waals surface area contributed by atoms with Crippen LogP contribution in [0.15, 0.2) is 71.8 Å². The molecule has 4 nitrogen and oxygen atoms in total. The van der Waals surface area contributed by atoms with Gasteiger partial charge in [-0.15, -0.1) is 0 Å². The normalized spacial score (nSPS) is 11.6. The SMILES string of the molecule is O=C(NN=Cc1ccc(Cl)cc1Cl)C(O)(c1ccc(Cl)cc1)c1ccc(Cl)cc1. The van der Waals surface area contributed by atoms with Gasteiger partial charge in [0.2, 0.25) is 0 Å². The van der Waals surface area contributed by atoms with Gasteiger partial charge in [-0.2, -0.15) is 5.10 Å². The molecule has 0 unspecified atom stereocenters. The van der Waals surface area contributed by atoms with Gasteiger partial charge in [0.05, 0.1) is 11.2 Å². The molecule has 0 aliphatic rings. The van der Waals surface area contributed by atoms with Crippen molar-refractivity contribution in [3.8, 4) is 0 Å². The van der Waals surface area contributed by atoms with Crippen molar-refractivity contribution in [1.29, 1.82) is 0 Å². The lowest BCUT2D eigenvalue weighted by molar-refractivity contribution is -0.136. The minimum absolute atomic E-state index is 0.321. The van der Waals surface area contributed by atoms with Crippen molar-refractivity contribution in [1.82, 2.24) is 5.43 Å². The van der Waals surface area contributed by atoms with Gasteiger partial charge in [-0.3, -0.25) is 4.79 Å². The Morgan fingerprint density at radius 2 is 1.31 bits per heavy atom. The molecule has 2 N–H and O–H groups in total. The minimum Gasteiger partial charge on any atom is -0.372 e. The van der Waals surface area contributed by atoms with Crippen molar-refractivity contribution in [3.05, 3.63) is 104 Å². The molecular weight excluding hydrogens is 454 g/mol. The van der Waals surface area contributed by atoms with Crippen LogP contribution in [0.5, 0.6) is 0 Å². The molecule has 3 rings (SSSR count). The summed E-state index contributed by atoms with van der Waals surface area (Å²) in [5.41, 5.74) is 1.54. The second-order valence-electron chi connectivity index (χ2n) is 6.09. The number of hydrogen-bond acceptors (Lipinski definition) is 3. The first-order valence-electron chi connectivity index (χ1n) is 8.33. The van der Waals surface area contributed by atoms with E-state index in [1.54, 1.807) is 66.7 Å². The van der Waals surface area contributed by atoms with E-state index in [1.165, 1.54) is 6.21 Å². The van der Waals surface area contributed by atoms with Gasteiger partial charge in [0.1, 0.15) is 0 Å². The highest BCUT2D eigenvalue weighted by Crippen LogP contribution is 2.31. The predicted molar refractivity (Wildman–Crippen MR) is 118 cm³/mol. The van der Waals surface area contributed by atoms with Gasteiger partial charge in [-0.05, 0) is 47.5 Å². The monoisotopic (exact) mass is 466 g/mol. The van der Waals surface area contributed by atoms with Crippen LogP contribution in [0.4, 0.5) is 0 Å². The number of hydrogen-bond donors (Lipinski definition) is 2. The summed E-state index contributed by atoms with van der Waals surface area (Å²) in [6.45, 7) is 0. The average Bonchev–Trinajstić information content (AvgIpc) is 2.70. The summed E-state index contributed by atoms with van der Waals surface area (Å²) in [5.74, 6) is -0.761. The smallest absolute Gasteiger partial charge is 0.281 e. The van der Waals surface area contributed by atoms with Gasteiger partial charge < -0.3 is 5.11 Å². The lowest BCUT2D eigenvalue weighted by atomic mass is 9.85. The second kappa shape index (κ2) is 9.16. The summed E-state index contributed by atoms with van der Waals surface area (Å²) < 4.78 is 0. The van der Waals surface area contributed by atoms with E-state index in [0.29, 0.717) is 36.8 Å². The van der Waals surface area contributed by atoms with Crippen LogP contribution in [0.1, 0.15) is 16.7 Å². The number of aliphatic hydroxyl groups is 1. The zero-order chi connectivity index (χ0) is 21.0. The van der Waals surface area contributed by atoms with Crippen LogP contribution in [-0.4, -0.2) is 17.2 Å². The Bertz CT molecular complexity index is 1010. The summed E-state index contributed by atoms with van der Waals surface area (Å²) in [6, 6.07) is 17.5. The number of nitrogens with one attached hydrogen (secondary N) is 1. The Kier molecular flexibility index (Phi) is 6.83. The van der Waals surface area contributed by atoms with Crippen molar-refractivity contribution in [3.63, 3.8) is 0 Å². The topological polar surface area (TPSA) is 61.7 Å². The van der Waals surface area contributed by atoms with E-state index in [-0.39, 0.29) is 0 Å². The Labute approximate surface area is 187 Å². The zero-order valence-corrected chi connectivity index (χ0v) is 17.8. The average molecular weight is 468 g/mol. The fraction of sp³-hybridized carbons (Fsp3) is 0.0476. The van der Waals surface area contributed by atoms with E-state index < -0.39 is 11.5 Å². The zero-order valence-electron chi connectivity index (χ0n) is 14.7. The predicted octanol–water partition coefficient (Wildman–Crippen LogP) is 5.69. The molecule has 0 radical (unpaired) electrons. The third-order valence-corrected chi connectivity index (χ3v) is 5.25. The van der Waals surface area contributed by atoms with Gasteiger partial charge in [0, 0.05) is 20.6 Å². The van der Waals surface area contributed by atoms with Crippen LogP contribution in [0.3, 0.4) is 0 Å². The molecule has 3 aromatic rings. The summed E-state index contributed by atoms with van der Waals surface area (Å²) >= 11 is 23.8. The second-order valence-corrected chi connectivity index (χ2v) is 7.81. The van der Waals surface area contributed by atoms with E-state index in [1.807, 2.05) is 0 Å². The minimum atomic E-state index is -2.02. The fourth-order valence-electron chi connectivity index (χ4n) is 2.66. The molecule has 0 saturated carbocycles. The van der Waals surface area contributed by atoms with E-state index >= 15 is 0 Å². The van der Waals surface area contributed by atoms with Crippen LogP contribution in [0.2, 0.25) is 20.1 Å². The van der Waals surface area contributed by atoms with E-state index in [9.17, 15) is 9.90 Å². The molecule has 8 heteroatoms. The van der Waals surface area contributed by atoms with Crippen molar-refractivity contribution in [2.75, 3.05) is 0 Å². The lowest BCUT2D eigenvalue weighted by Crippen LogP contribution is -2.43. The molecule has 0 heterocycles. The number of amides is 1. The highest BCUT2D eigenvalue weighted by Gasteiger charge is 2.40. The summed E-state index contributed by atoms with van der Waals surface area (Å²) in [5, 5.41) is 17.1. The maximum atomic E-state index is 13.0. The summed E-state index contributed by atoms with van der Waals surface area (Å²) in [7, 11) is 0. The van der Waals surface area contributed by atoms with Crippen LogP contribution < -0.4 is 5.43 Å². The Morgan fingerprint density at radius 1 is 0.828 bits per heavy atom.